The van der Waals surface area contributed by atoms with Gasteiger partial charge in [0, 0.05) is 6.92 Å². The maximum Gasteiger partial charge on any atom is 0.240 e. The van der Waals surface area contributed by atoms with Crippen LogP contribution in [0.5, 0.6) is 0 Å². The molecule has 10 heavy (non-hydrogen) atoms. The van der Waals surface area contributed by atoms with Crippen molar-refractivity contribution in [2.24, 2.45) is 0 Å². The highest BCUT2D eigenvalue weighted by atomic mass is 16.7. The Labute approximate surface area is 58.6 Å². The molecule has 0 fully saturated rings. The number of aliphatic hydroxyl groups excluding tert-OH is 2. The SMILES string of the molecule is CC(=O)NOC[C@H](O)CO. The minimum atomic E-state index is -0.938. The van der Waals surface area contributed by atoms with Gasteiger partial charge in [-0.05, 0) is 0 Å². The highest BCUT2D eigenvalue weighted by Gasteiger charge is 2.01. The van der Waals surface area contributed by atoms with E-state index in [0.717, 1.165) is 0 Å². The smallest absolute Gasteiger partial charge is 0.240 e. The molecule has 0 aliphatic carbocycles. The molecule has 0 bridgehead atoms. The van der Waals surface area contributed by atoms with E-state index >= 15 is 0 Å². The monoisotopic (exact) mass is 149 g/mol. The van der Waals surface area contributed by atoms with Crippen LogP contribution in [0.4, 0.5) is 0 Å². The van der Waals surface area contributed by atoms with Crippen molar-refractivity contribution in [3.05, 3.63) is 0 Å². The van der Waals surface area contributed by atoms with Crippen molar-refractivity contribution in [3.8, 4) is 0 Å². The average Bonchev–Trinajstić information content (AvgIpc) is 1.87. The van der Waals surface area contributed by atoms with Gasteiger partial charge in [-0.15, -0.1) is 0 Å². The van der Waals surface area contributed by atoms with Crippen molar-refractivity contribution < 1.29 is 19.8 Å². The number of nitrogens with one attached hydrogen (secondary N) is 1. The van der Waals surface area contributed by atoms with E-state index in [9.17, 15) is 4.79 Å². The molecule has 60 valence electrons. The molecule has 0 radical (unpaired) electrons. The molecular formula is C5H11NO4. The zero-order chi connectivity index (χ0) is 7.98. The van der Waals surface area contributed by atoms with E-state index in [1.165, 1.54) is 6.92 Å². The summed E-state index contributed by atoms with van der Waals surface area (Å²) >= 11 is 0. The minimum absolute atomic E-state index is 0.101. The zero-order valence-electron chi connectivity index (χ0n) is 5.70. The van der Waals surface area contributed by atoms with Gasteiger partial charge < -0.3 is 10.2 Å². The number of amides is 1. The predicted molar refractivity (Wildman–Crippen MR) is 32.9 cm³/mol. The largest absolute Gasteiger partial charge is 0.394 e. The molecule has 1 atom stereocenters. The average molecular weight is 149 g/mol. The molecule has 1 amide bonds. The molecule has 0 heterocycles. The van der Waals surface area contributed by atoms with Crippen molar-refractivity contribution in [3.63, 3.8) is 0 Å². The molecule has 5 nitrogen and oxygen atoms in total. The van der Waals surface area contributed by atoms with E-state index < -0.39 is 6.10 Å². The molecule has 0 saturated heterocycles. The molecule has 0 aliphatic rings. The third-order valence-corrected chi connectivity index (χ3v) is 0.702. The Morgan fingerprint density at radius 1 is 1.80 bits per heavy atom. The van der Waals surface area contributed by atoms with Crippen molar-refractivity contribution in [2.75, 3.05) is 13.2 Å². The first-order valence-corrected chi connectivity index (χ1v) is 2.84. The lowest BCUT2D eigenvalue weighted by atomic mass is 10.4. The van der Waals surface area contributed by atoms with Gasteiger partial charge >= 0.3 is 0 Å². The van der Waals surface area contributed by atoms with E-state index in [1.54, 1.807) is 0 Å². The van der Waals surface area contributed by atoms with E-state index in [-0.39, 0.29) is 19.1 Å². The van der Waals surface area contributed by atoms with E-state index in [4.69, 9.17) is 10.2 Å². The van der Waals surface area contributed by atoms with Crippen LogP contribution in [0.25, 0.3) is 0 Å². The summed E-state index contributed by atoms with van der Waals surface area (Å²) in [5, 5.41) is 16.9. The predicted octanol–water partition coefficient (Wildman–Crippen LogP) is -1.59. The Morgan fingerprint density at radius 3 is 2.80 bits per heavy atom. The summed E-state index contributed by atoms with van der Waals surface area (Å²) in [5.74, 6) is -0.342. The Balaban J connectivity index is 3.11. The van der Waals surface area contributed by atoms with Gasteiger partial charge in [-0.1, -0.05) is 0 Å². The molecule has 0 unspecified atom stereocenters. The van der Waals surface area contributed by atoms with Crippen molar-refractivity contribution in [2.45, 2.75) is 13.0 Å². The van der Waals surface area contributed by atoms with Crippen LogP contribution in [0.15, 0.2) is 0 Å². The molecule has 0 rings (SSSR count). The number of rotatable bonds is 4. The van der Waals surface area contributed by atoms with Crippen LogP contribution in [0.3, 0.4) is 0 Å². The van der Waals surface area contributed by atoms with Gasteiger partial charge in [-0.25, -0.2) is 5.48 Å². The third-order valence-electron chi connectivity index (χ3n) is 0.702. The maximum absolute atomic E-state index is 10.1. The number of hydrogen-bond acceptors (Lipinski definition) is 4. The first-order valence-electron chi connectivity index (χ1n) is 2.84. The Morgan fingerprint density at radius 2 is 2.40 bits per heavy atom. The van der Waals surface area contributed by atoms with Crippen LogP contribution in [-0.2, 0) is 9.63 Å². The second-order valence-corrected chi connectivity index (χ2v) is 1.81. The molecule has 0 aromatic heterocycles. The fourth-order valence-corrected chi connectivity index (χ4v) is 0.292. The van der Waals surface area contributed by atoms with Gasteiger partial charge in [0.05, 0.1) is 6.61 Å². The number of carbonyl (C=O) groups excluding carboxylic acids is 1. The van der Waals surface area contributed by atoms with E-state index in [2.05, 4.69) is 4.84 Å². The van der Waals surface area contributed by atoms with Crippen molar-refractivity contribution in [1.29, 1.82) is 0 Å². The number of hydroxylamine groups is 1. The van der Waals surface area contributed by atoms with Crippen LogP contribution >= 0.6 is 0 Å². The highest BCUT2D eigenvalue weighted by Crippen LogP contribution is 1.79. The van der Waals surface area contributed by atoms with Crippen LogP contribution < -0.4 is 5.48 Å². The van der Waals surface area contributed by atoms with Crippen LogP contribution in [0.1, 0.15) is 6.92 Å². The lowest BCUT2D eigenvalue weighted by Crippen LogP contribution is -2.28. The molecule has 0 aliphatic heterocycles. The second kappa shape index (κ2) is 5.16. The third kappa shape index (κ3) is 5.49. The van der Waals surface area contributed by atoms with E-state index in [0.29, 0.717) is 0 Å². The van der Waals surface area contributed by atoms with Crippen molar-refractivity contribution >= 4 is 5.91 Å². The highest BCUT2D eigenvalue weighted by molar-refractivity contribution is 5.71. The van der Waals surface area contributed by atoms with Crippen LogP contribution in [0, 0.1) is 0 Å². The molecule has 0 saturated carbocycles. The topological polar surface area (TPSA) is 78.8 Å². The normalized spacial score (nSPS) is 12.7. The first-order chi connectivity index (χ1) is 4.66. The van der Waals surface area contributed by atoms with Gasteiger partial charge in [0.15, 0.2) is 0 Å². The second-order valence-electron chi connectivity index (χ2n) is 1.81. The van der Waals surface area contributed by atoms with Gasteiger partial charge in [-0.2, -0.15) is 0 Å². The summed E-state index contributed by atoms with van der Waals surface area (Å²) < 4.78 is 0. The molecule has 0 aromatic carbocycles. The fourth-order valence-electron chi connectivity index (χ4n) is 0.292. The molecule has 0 aromatic rings. The standard InChI is InChI=1S/C5H11NO4/c1-4(8)6-10-3-5(9)2-7/h5,7,9H,2-3H2,1H3,(H,6,8)/t5-/m1/s1. The number of hydrogen-bond donors (Lipinski definition) is 3. The first kappa shape index (κ1) is 9.35. The summed E-state index contributed by atoms with van der Waals surface area (Å²) in [6, 6.07) is 0. The Kier molecular flexibility index (Phi) is 4.82. The van der Waals surface area contributed by atoms with Crippen LogP contribution in [-0.4, -0.2) is 35.4 Å². The maximum atomic E-state index is 10.1. The Bertz CT molecular complexity index is 106. The molecular weight excluding hydrogens is 138 g/mol. The van der Waals surface area contributed by atoms with Gasteiger partial charge in [-0.3, -0.25) is 9.63 Å². The number of carbonyl (C=O) groups is 1. The summed E-state index contributed by atoms with van der Waals surface area (Å²) in [4.78, 5) is 14.6. The van der Waals surface area contributed by atoms with Crippen molar-refractivity contribution in [1.82, 2.24) is 5.48 Å². The summed E-state index contributed by atoms with van der Waals surface area (Å²) in [5.41, 5.74) is 2.00. The fraction of sp³-hybridized carbons (Fsp3) is 0.800. The van der Waals surface area contributed by atoms with Crippen LogP contribution in [0.2, 0.25) is 0 Å². The summed E-state index contributed by atoms with van der Waals surface area (Å²) in [6.45, 7) is 0.807. The quantitative estimate of drug-likeness (QED) is 0.421. The minimum Gasteiger partial charge on any atom is -0.394 e. The lowest BCUT2D eigenvalue weighted by Gasteiger charge is -2.06. The number of aliphatic hydroxyl groups is 2. The lowest BCUT2D eigenvalue weighted by molar-refractivity contribution is -0.134. The zero-order valence-corrected chi connectivity index (χ0v) is 5.70. The molecule has 0 spiro atoms. The molecule has 3 N–H and O–H groups in total. The van der Waals surface area contributed by atoms with Gasteiger partial charge in [0.25, 0.3) is 0 Å². The summed E-state index contributed by atoms with van der Waals surface area (Å²) in [6.07, 6.45) is -0.938. The molecule has 5 heteroatoms. The van der Waals surface area contributed by atoms with E-state index in [1.807, 2.05) is 5.48 Å². The Hall–Kier alpha value is -0.650. The summed E-state index contributed by atoms with van der Waals surface area (Å²) in [7, 11) is 0. The van der Waals surface area contributed by atoms with Gasteiger partial charge in [0.1, 0.15) is 12.7 Å². The van der Waals surface area contributed by atoms with Gasteiger partial charge in [0.2, 0.25) is 5.91 Å².